The summed E-state index contributed by atoms with van der Waals surface area (Å²) in [6, 6.07) is 4.51. The van der Waals surface area contributed by atoms with Crippen LogP contribution in [0.15, 0.2) is 24.3 Å². The molecule has 1 heterocycles. The number of hydrogen-bond acceptors (Lipinski definition) is 4. The number of rotatable bonds is 3. The highest BCUT2D eigenvalue weighted by Crippen LogP contribution is 2.12. The Labute approximate surface area is 119 Å². The predicted molar refractivity (Wildman–Crippen MR) is 69.5 cm³/mol. The van der Waals surface area contributed by atoms with Gasteiger partial charge in [0, 0.05) is 12.8 Å². The highest BCUT2D eigenvalue weighted by molar-refractivity contribution is 6.07. The Balaban J connectivity index is 1.88. The number of nitrogens with zero attached hydrogens (tertiary/aromatic N) is 1. The van der Waals surface area contributed by atoms with Gasteiger partial charge in [-0.2, -0.15) is 0 Å². The first kappa shape index (κ1) is 14.6. The van der Waals surface area contributed by atoms with Crippen molar-refractivity contribution in [2.24, 2.45) is 0 Å². The molecule has 1 fully saturated rings. The Hall–Kier alpha value is -2.77. The molecule has 0 aromatic heterocycles. The molecule has 2 rings (SSSR count). The third-order valence-corrected chi connectivity index (χ3v) is 2.83. The Bertz CT molecular complexity index is 601. The van der Waals surface area contributed by atoms with E-state index in [4.69, 9.17) is 0 Å². The van der Waals surface area contributed by atoms with Crippen molar-refractivity contribution in [1.82, 2.24) is 10.2 Å². The molecule has 1 aliphatic rings. The number of carbonyl (C=O) groups excluding carboxylic acids is 4. The van der Waals surface area contributed by atoms with Gasteiger partial charge in [0.15, 0.2) is 0 Å². The van der Waals surface area contributed by atoms with Gasteiger partial charge in [-0.1, -0.05) is 12.1 Å². The number of imide groups is 2. The van der Waals surface area contributed by atoms with E-state index in [1.54, 1.807) is 0 Å². The second kappa shape index (κ2) is 6.12. The molecule has 0 saturated carbocycles. The third kappa shape index (κ3) is 3.62. The number of carbonyl (C=O) groups is 4. The molecular weight excluding hydrogens is 281 g/mol. The Morgan fingerprint density at radius 2 is 1.76 bits per heavy atom. The summed E-state index contributed by atoms with van der Waals surface area (Å²) < 4.78 is 13.3. The molecule has 0 radical (unpaired) electrons. The van der Waals surface area contributed by atoms with E-state index in [0.717, 1.165) is 11.0 Å². The molecule has 1 aliphatic heterocycles. The fraction of sp³-hybridized carbons (Fsp3) is 0.231. The molecule has 110 valence electrons. The van der Waals surface area contributed by atoms with E-state index in [2.05, 4.69) is 5.32 Å². The second-order valence-electron chi connectivity index (χ2n) is 4.36. The number of para-hydroxylation sites is 1. The van der Waals surface area contributed by atoms with E-state index in [1.807, 2.05) is 5.32 Å². The average Bonchev–Trinajstić information content (AvgIpc) is 2.73. The summed E-state index contributed by atoms with van der Waals surface area (Å²) in [7, 11) is 0. The summed E-state index contributed by atoms with van der Waals surface area (Å²) in [5.74, 6) is -2.38. The maximum atomic E-state index is 13.3. The van der Waals surface area contributed by atoms with Crippen molar-refractivity contribution in [3.63, 3.8) is 0 Å². The van der Waals surface area contributed by atoms with Gasteiger partial charge in [-0.25, -0.2) is 9.18 Å². The van der Waals surface area contributed by atoms with Crippen molar-refractivity contribution in [1.29, 1.82) is 0 Å². The van der Waals surface area contributed by atoms with Gasteiger partial charge < -0.3 is 5.32 Å². The Morgan fingerprint density at radius 1 is 1.14 bits per heavy atom. The zero-order chi connectivity index (χ0) is 15.4. The fourth-order valence-corrected chi connectivity index (χ4v) is 1.83. The summed E-state index contributed by atoms with van der Waals surface area (Å²) in [5.41, 5.74) is -0.0869. The first-order valence-electron chi connectivity index (χ1n) is 6.16. The van der Waals surface area contributed by atoms with Crippen LogP contribution in [0, 0.1) is 5.82 Å². The molecule has 0 aliphatic carbocycles. The van der Waals surface area contributed by atoms with Crippen LogP contribution in [0.2, 0.25) is 0 Å². The van der Waals surface area contributed by atoms with Gasteiger partial charge in [-0.05, 0) is 12.1 Å². The monoisotopic (exact) mass is 293 g/mol. The van der Waals surface area contributed by atoms with Gasteiger partial charge in [-0.15, -0.1) is 0 Å². The molecule has 2 N–H and O–H groups in total. The van der Waals surface area contributed by atoms with Gasteiger partial charge >= 0.3 is 6.03 Å². The largest absolute Gasteiger partial charge is 0.326 e. The van der Waals surface area contributed by atoms with Crippen LogP contribution in [0.5, 0.6) is 0 Å². The Kier molecular flexibility index (Phi) is 4.27. The van der Waals surface area contributed by atoms with Gasteiger partial charge in [-0.3, -0.25) is 24.6 Å². The maximum absolute atomic E-state index is 13.3. The summed E-state index contributed by atoms with van der Waals surface area (Å²) in [6.45, 7) is -0.525. The number of anilines is 1. The van der Waals surface area contributed by atoms with Crippen LogP contribution >= 0.6 is 0 Å². The third-order valence-electron chi connectivity index (χ3n) is 2.83. The molecule has 1 saturated heterocycles. The minimum atomic E-state index is -0.941. The van der Waals surface area contributed by atoms with Crippen molar-refractivity contribution in [2.75, 3.05) is 11.9 Å². The highest BCUT2D eigenvalue weighted by Gasteiger charge is 2.30. The van der Waals surface area contributed by atoms with Gasteiger partial charge in [0.2, 0.25) is 17.7 Å². The predicted octanol–water partition coefficient (Wildman–Crippen LogP) is 0.623. The van der Waals surface area contributed by atoms with Gasteiger partial charge in [0.25, 0.3) is 0 Å². The molecule has 0 atom stereocenters. The molecule has 7 nitrogen and oxygen atoms in total. The van der Waals surface area contributed by atoms with Crippen LogP contribution < -0.4 is 10.6 Å². The molecule has 0 unspecified atom stereocenters. The molecule has 0 bridgehead atoms. The molecule has 0 spiro atoms. The minimum absolute atomic E-state index is 0.0630. The smallest absolute Gasteiger partial charge is 0.305 e. The summed E-state index contributed by atoms with van der Waals surface area (Å²) in [4.78, 5) is 46.5. The van der Waals surface area contributed by atoms with Gasteiger partial charge in [0.1, 0.15) is 12.4 Å². The maximum Gasteiger partial charge on any atom is 0.326 e. The second-order valence-corrected chi connectivity index (χ2v) is 4.36. The van der Waals surface area contributed by atoms with E-state index in [0.29, 0.717) is 0 Å². The minimum Gasteiger partial charge on any atom is -0.305 e. The Morgan fingerprint density at radius 3 is 2.38 bits per heavy atom. The number of hydrogen-bond donors (Lipinski definition) is 2. The lowest BCUT2D eigenvalue weighted by molar-refractivity contribution is -0.142. The van der Waals surface area contributed by atoms with Crippen LogP contribution in [0.3, 0.4) is 0 Å². The van der Waals surface area contributed by atoms with Crippen molar-refractivity contribution in [3.05, 3.63) is 30.1 Å². The topological polar surface area (TPSA) is 95.6 Å². The van der Waals surface area contributed by atoms with Crippen LogP contribution in [0.4, 0.5) is 14.9 Å². The zero-order valence-electron chi connectivity index (χ0n) is 10.9. The van der Waals surface area contributed by atoms with Crippen molar-refractivity contribution >= 4 is 29.4 Å². The van der Waals surface area contributed by atoms with Crippen LogP contribution in [0.25, 0.3) is 0 Å². The number of benzene rings is 1. The summed E-state index contributed by atoms with van der Waals surface area (Å²) in [6.07, 6.45) is 0.126. The number of likely N-dealkylation sites (tertiary alicyclic amines) is 1. The normalized spacial score (nSPS) is 14.2. The molecule has 1 aromatic carbocycles. The number of halogens is 1. The molecule has 21 heavy (non-hydrogen) atoms. The quantitative estimate of drug-likeness (QED) is 0.799. The first-order chi connectivity index (χ1) is 9.97. The van der Waals surface area contributed by atoms with Crippen molar-refractivity contribution < 1.29 is 23.6 Å². The molecule has 8 heteroatoms. The zero-order valence-corrected chi connectivity index (χ0v) is 10.9. The standard InChI is InChI=1S/C13H12FN3O4/c14-8-3-1-2-4-9(8)15-13(21)16-10(18)7-17-11(19)5-6-12(17)20/h1-4H,5-7H2,(H2,15,16,18,21). The van der Waals surface area contributed by atoms with Crippen molar-refractivity contribution in [3.8, 4) is 0 Å². The average molecular weight is 293 g/mol. The van der Waals surface area contributed by atoms with Crippen LogP contribution in [0.1, 0.15) is 12.8 Å². The van der Waals surface area contributed by atoms with E-state index < -0.39 is 36.1 Å². The first-order valence-corrected chi connectivity index (χ1v) is 6.16. The summed E-state index contributed by atoms with van der Waals surface area (Å²) >= 11 is 0. The lowest BCUT2D eigenvalue weighted by Crippen LogP contribution is -2.43. The molecule has 5 amide bonds. The molecule has 1 aromatic rings. The highest BCUT2D eigenvalue weighted by atomic mass is 19.1. The van der Waals surface area contributed by atoms with Gasteiger partial charge in [0.05, 0.1) is 5.69 Å². The number of amides is 5. The van der Waals surface area contributed by atoms with E-state index in [-0.39, 0.29) is 18.5 Å². The van der Waals surface area contributed by atoms with E-state index in [9.17, 15) is 23.6 Å². The lowest BCUT2D eigenvalue weighted by atomic mass is 10.3. The van der Waals surface area contributed by atoms with Crippen LogP contribution in [-0.4, -0.2) is 35.2 Å². The lowest BCUT2D eigenvalue weighted by Gasteiger charge is -2.13. The number of nitrogens with one attached hydrogen (secondary N) is 2. The fourth-order valence-electron chi connectivity index (χ4n) is 1.83. The van der Waals surface area contributed by atoms with Crippen molar-refractivity contribution in [2.45, 2.75) is 12.8 Å². The van der Waals surface area contributed by atoms with E-state index in [1.165, 1.54) is 18.2 Å². The van der Waals surface area contributed by atoms with Crippen LogP contribution in [-0.2, 0) is 14.4 Å². The summed E-state index contributed by atoms with van der Waals surface area (Å²) in [5, 5.41) is 4.08. The SMILES string of the molecule is O=C(CN1C(=O)CCC1=O)NC(=O)Nc1ccccc1F. The van der Waals surface area contributed by atoms with E-state index >= 15 is 0 Å². The number of urea groups is 1. The molecular formula is C13H12FN3O4.